The first-order chi connectivity index (χ1) is 10.1. The van der Waals surface area contributed by atoms with Gasteiger partial charge in [0.15, 0.2) is 0 Å². The zero-order valence-corrected chi connectivity index (χ0v) is 12.7. The maximum absolute atomic E-state index is 12.3. The molecule has 5 heteroatoms. The van der Waals surface area contributed by atoms with Crippen LogP contribution >= 0.6 is 22.9 Å². The number of nitrogens with two attached hydrogens (primary N) is 1. The van der Waals surface area contributed by atoms with Crippen molar-refractivity contribution in [2.75, 3.05) is 5.73 Å². The number of fused-ring (bicyclic) bond motifs is 1. The van der Waals surface area contributed by atoms with Gasteiger partial charge in [-0.3, -0.25) is 4.79 Å². The molecule has 0 saturated heterocycles. The fourth-order valence-electron chi connectivity index (χ4n) is 2.14. The minimum atomic E-state index is -0.159. The van der Waals surface area contributed by atoms with E-state index < -0.39 is 0 Å². The molecule has 1 aromatic heterocycles. The minimum Gasteiger partial charge on any atom is -0.397 e. The van der Waals surface area contributed by atoms with Gasteiger partial charge in [0.25, 0.3) is 5.91 Å². The number of carbonyl (C=O) groups excluding carboxylic acids is 1. The number of benzene rings is 2. The predicted molar refractivity (Wildman–Crippen MR) is 88.9 cm³/mol. The van der Waals surface area contributed by atoms with Gasteiger partial charge in [-0.05, 0) is 23.8 Å². The highest BCUT2D eigenvalue weighted by molar-refractivity contribution is 7.21. The van der Waals surface area contributed by atoms with E-state index in [9.17, 15) is 4.79 Å². The number of halogens is 1. The van der Waals surface area contributed by atoms with Crippen molar-refractivity contribution in [2.24, 2.45) is 0 Å². The summed E-state index contributed by atoms with van der Waals surface area (Å²) < 4.78 is 1.02. The summed E-state index contributed by atoms with van der Waals surface area (Å²) in [6.07, 6.45) is 0. The van der Waals surface area contributed by atoms with Crippen molar-refractivity contribution in [1.82, 2.24) is 5.32 Å². The standard InChI is InChI=1S/C16H13ClN2OS/c17-11-5-3-4-10(8-11)9-19-16(20)15-14(18)12-6-1-2-7-13(12)21-15/h1-8H,9,18H2,(H,19,20). The van der Waals surface area contributed by atoms with Crippen LogP contribution in [0.3, 0.4) is 0 Å². The van der Waals surface area contributed by atoms with Crippen LogP contribution in [0, 0.1) is 0 Å². The van der Waals surface area contributed by atoms with Crippen LogP contribution in [0.2, 0.25) is 5.02 Å². The molecule has 0 unspecified atom stereocenters. The summed E-state index contributed by atoms with van der Waals surface area (Å²) >= 11 is 7.33. The first-order valence-corrected chi connectivity index (χ1v) is 7.64. The highest BCUT2D eigenvalue weighted by Gasteiger charge is 2.15. The smallest absolute Gasteiger partial charge is 0.263 e. The van der Waals surface area contributed by atoms with Gasteiger partial charge in [-0.2, -0.15) is 0 Å². The zero-order valence-electron chi connectivity index (χ0n) is 11.1. The number of thiophene rings is 1. The van der Waals surface area contributed by atoms with Gasteiger partial charge in [-0.15, -0.1) is 11.3 Å². The second kappa shape index (κ2) is 5.76. The normalized spacial score (nSPS) is 10.7. The van der Waals surface area contributed by atoms with Gasteiger partial charge in [0, 0.05) is 21.7 Å². The van der Waals surface area contributed by atoms with Crippen molar-refractivity contribution < 1.29 is 4.79 Å². The zero-order chi connectivity index (χ0) is 14.8. The van der Waals surface area contributed by atoms with Crippen molar-refractivity contribution >= 4 is 44.6 Å². The lowest BCUT2D eigenvalue weighted by Crippen LogP contribution is -2.22. The molecule has 3 N–H and O–H groups in total. The fraction of sp³-hybridized carbons (Fsp3) is 0.0625. The van der Waals surface area contributed by atoms with Gasteiger partial charge >= 0.3 is 0 Å². The Bertz CT molecular complexity index is 813. The molecule has 0 aliphatic rings. The van der Waals surface area contributed by atoms with Crippen LogP contribution < -0.4 is 11.1 Å². The number of nitrogens with one attached hydrogen (secondary N) is 1. The number of hydrogen-bond acceptors (Lipinski definition) is 3. The Morgan fingerprint density at radius 2 is 2.00 bits per heavy atom. The Labute approximate surface area is 131 Å². The molecule has 0 fully saturated rings. The number of nitrogen functional groups attached to an aromatic ring is 1. The summed E-state index contributed by atoms with van der Waals surface area (Å²) in [7, 11) is 0. The number of carbonyl (C=O) groups is 1. The van der Waals surface area contributed by atoms with Gasteiger partial charge in [-0.25, -0.2) is 0 Å². The average molecular weight is 317 g/mol. The lowest BCUT2D eigenvalue weighted by Gasteiger charge is -2.05. The molecule has 21 heavy (non-hydrogen) atoms. The molecule has 0 atom stereocenters. The first kappa shape index (κ1) is 13.9. The van der Waals surface area contributed by atoms with Crippen LogP contribution in [-0.4, -0.2) is 5.91 Å². The monoisotopic (exact) mass is 316 g/mol. The quantitative estimate of drug-likeness (QED) is 0.765. The molecule has 0 bridgehead atoms. The molecule has 0 aliphatic carbocycles. The third-order valence-corrected chi connectivity index (χ3v) is 4.60. The average Bonchev–Trinajstić information content (AvgIpc) is 2.83. The van der Waals surface area contributed by atoms with E-state index in [1.165, 1.54) is 11.3 Å². The van der Waals surface area contributed by atoms with E-state index in [2.05, 4.69) is 5.32 Å². The predicted octanol–water partition coefficient (Wildman–Crippen LogP) is 4.07. The molecule has 2 aromatic carbocycles. The molecular formula is C16H13ClN2OS. The van der Waals surface area contributed by atoms with Crippen molar-refractivity contribution in [1.29, 1.82) is 0 Å². The third-order valence-electron chi connectivity index (χ3n) is 3.18. The van der Waals surface area contributed by atoms with Crippen LogP contribution in [-0.2, 0) is 6.54 Å². The third kappa shape index (κ3) is 2.86. The minimum absolute atomic E-state index is 0.159. The van der Waals surface area contributed by atoms with Gasteiger partial charge in [0.1, 0.15) is 4.88 Å². The van der Waals surface area contributed by atoms with E-state index in [1.54, 1.807) is 6.07 Å². The number of amides is 1. The van der Waals surface area contributed by atoms with Crippen molar-refractivity contribution in [3.05, 3.63) is 64.0 Å². The van der Waals surface area contributed by atoms with E-state index >= 15 is 0 Å². The van der Waals surface area contributed by atoms with E-state index in [-0.39, 0.29) is 5.91 Å². The van der Waals surface area contributed by atoms with Crippen LogP contribution in [0.15, 0.2) is 48.5 Å². The van der Waals surface area contributed by atoms with Crippen LogP contribution in [0.4, 0.5) is 5.69 Å². The van der Waals surface area contributed by atoms with E-state index in [4.69, 9.17) is 17.3 Å². The molecule has 3 aromatic rings. The van der Waals surface area contributed by atoms with Crippen molar-refractivity contribution in [2.45, 2.75) is 6.54 Å². The summed E-state index contributed by atoms with van der Waals surface area (Å²) in [5, 5.41) is 4.46. The maximum atomic E-state index is 12.3. The second-order valence-electron chi connectivity index (χ2n) is 4.65. The lowest BCUT2D eigenvalue weighted by atomic mass is 10.2. The Kier molecular flexibility index (Phi) is 3.82. The number of rotatable bonds is 3. The highest BCUT2D eigenvalue weighted by atomic mass is 35.5. The molecule has 3 rings (SSSR count). The van der Waals surface area contributed by atoms with Crippen molar-refractivity contribution in [3.8, 4) is 0 Å². The summed E-state index contributed by atoms with van der Waals surface area (Å²) in [6, 6.07) is 15.1. The van der Waals surface area contributed by atoms with Gasteiger partial charge in [0.05, 0.1) is 5.69 Å². The van der Waals surface area contributed by atoms with E-state index in [0.717, 1.165) is 15.6 Å². The molecular weight excluding hydrogens is 304 g/mol. The number of hydrogen-bond donors (Lipinski definition) is 2. The van der Waals surface area contributed by atoms with Crippen LogP contribution in [0.5, 0.6) is 0 Å². The van der Waals surface area contributed by atoms with Gasteiger partial charge in [-0.1, -0.05) is 41.9 Å². The molecule has 1 heterocycles. The van der Waals surface area contributed by atoms with E-state index in [0.29, 0.717) is 22.1 Å². The Morgan fingerprint density at radius 1 is 1.19 bits per heavy atom. The highest BCUT2D eigenvalue weighted by Crippen LogP contribution is 2.33. The SMILES string of the molecule is Nc1c(C(=O)NCc2cccc(Cl)c2)sc2ccccc12. The largest absolute Gasteiger partial charge is 0.397 e. The second-order valence-corrected chi connectivity index (χ2v) is 6.14. The lowest BCUT2D eigenvalue weighted by molar-refractivity contribution is 0.0956. The topological polar surface area (TPSA) is 55.1 Å². The molecule has 3 nitrogen and oxygen atoms in total. The Balaban J connectivity index is 1.79. The summed E-state index contributed by atoms with van der Waals surface area (Å²) in [5.41, 5.74) is 7.56. The first-order valence-electron chi connectivity index (χ1n) is 6.45. The Hall–Kier alpha value is -2.04. The van der Waals surface area contributed by atoms with Gasteiger partial charge in [0.2, 0.25) is 0 Å². The fourth-order valence-corrected chi connectivity index (χ4v) is 3.40. The molecule has 0 aliphatic heterocycles. The number of anilines is 1. The summed E-state index contributed by atoms with van der Waals surface area (Å²) in [5.74, 6) is -0.159. The van der Waals surface area contributed by atoms with Gasteiger partial charge < -0.3 is 11.1 Å². The summed E-state index contributed by atoms with van der Waals surface area (Å²) in [4.78, 5) is 12.8. The Morgan fingerprint density at radius 3 is 2.76 bits per heavy atom. The van der Waals surface area contributed by atoms with E-state index in [1.807, 2.05) is 42.5 Å². The van der Waals surface area contributed by atoms with Crippen LogP contribution in [0.1, 0.15) is 15.2 Å². The molecule has 0 radical (unpaired) electrons. The summed E-state index contributed by atoms with van der Waals surface area (Å²) in [6.45, 7) is 0.424. The molecule has 0 saturated carbocycles. The molecule has 0 spiro atoms. The maximum Gasteiger partial charge on any atom is 0.263 e. The molecule has 106 valence electrons. The van der Waals surface area contributed by atoms with Crippen LogP contribution in [0.25, 0.3) is 10.1 Å². The van der Waals surface area contributed by atoms with Crippen molar-refractivity contribution in [3.63, 3.8) is 0 Å². The molecule has 1 amide bonds.